The van der Waals surface area contributed by atoms with E-state index in [2.05, 4.69) is 31.7 Å². The van der Waals surface area contributed by atoms with Crippen LogP contribution in [0.3, 0.4) is 0 Å². The summed E-state index contributed by atoms with van der Waals surface area (Å²) in [4.78, 5) is 21.6. The summed E-state index contributed by atoms with van der Waals surface area (Å²) >= 11 is 0. The molecular formula is C18H27N5O. The van der Waals surface area contributed by atoms with Crippen LogP contribution in [0.15, 0.2) is 24.5 Å². The van der Waals surface area contributed by atoms with Crippen LogP contribution in [-0.4, -0.2) is 59.0 Å². The first-order valence-corrected chi connectivity index (χ1v) is 9.22. The molecule has 0 bridgehead atoms. The minimum absolute atomic E-state index is 0.0276. The highest BCUT2D eigenvalue weighted by Crippen LogP contribution is 2.31. The van der Waals surface area contributed by atoms with E-state index in [4.69, 9.17) is 0 Å². The monoisotopic (exact) mass is 329 g/mol. The Morgan fingerprint density at radius 2 is 2.00 bits per heavy atom. The van der Waals surface area contributed by atoms with Gasteiger partial charge in [-0.15, -0.1) is 0 Å². The third kappa shape index (κ3) is 3.31. The van der Waals surface area contributed by atoms with E-state index in [-0.39, 0.29) is 11.9 Å². The zero-order valence-corrected chi connectivity index (χ0v) is 14.2. The van der Waals surface area contributed by atoms with Crippen LogP contribution >= 0.6 is 0 Å². The predicted molar refractivity (Wildman–Crippen MR) is 91.9 cm³/mol. The summed E-state index contributed by atoms with van der Waals surface area (Å²) in [6, 6.07) is 4.55. The fourth-order valence-corrected chi connectivity index (χ4v) is 4.36. The van der Waals surface area contributed by atoms with Crippen LogP contribution in [0.2, 0.25) is 0 Å². The van der Waals surface area contributed by atoms with Gasteiger partial charge in [0, 0.05) is 57.1 Å². The number of pyridine rings is 1. The zero-order valence-electron chi connectivity index (χ0n) is 14.2. The number of amides is 1. The Labute approximate surface area is 143 Å². The number of carbonyl (C=O) groups excluding carboxylic acids is 1. The van der Waals surface area contributed by atoms with Gasteiger partial charge in [0.25, 0.3) is 0 Å². The summed E-state index contributed by atoms with van der Waals surface area (Å²) in [5.74, 6) is 0.762. The molecule has 3 aliphatic rings. The molecule has 130 valence electrons. The van der Waals surface area contributed by atoms with Crippen LogP contribution in [0.5, 0.6) is 0 Å². The highest BCUT2D eigenvalue weighted by molar-refractivity contribution is 5.82. The highest BCUT2D eigenvalue weighted by Gasteiger charge is 2.42. The maximum absolute atomic E-state index is 12.9. The lowest BCUT2D eigenvalue weighted by atomic mass is 9.81. The van der Waals surface area contributed by atoms with Gasteiger partial charge >= 0.3 is 0 Å². The zero-order chi connectivity index (χ0) is 16.4. The van der Waals surface area contributed by atoms with Crippen molar-refractivity contribution in [2.45, 2.75) is 44.3 Å². The lowest BCUT2D eigenvalue weighted by Crippen LogP contribution is -2.54. The van der Waals surface area contributed by atoms with E-state index < -0.39 is 0 Å². The van der Waals surface area contributed by atoms with E-state index in [1.54, 1.807) is 6.20 Å². The molecule has 3 unspecified atom stereocenters. The molecule has 0 spiro atoms. The van der Waals surface area contributed by atoms with Gasteiger partial charge in [-0.2, -0.15) is 0 Å². The van der Waals surface area contributed by atoms with Crippen molar-refractivity contribution in [3.05, 3.63) is 30.1 Å². The van der Waals surface area contributed by atoms with Crippen LogP contribution in [-0.2, 0) is 11.3 Å². The molecule has 1 aromatic rings. The molecule has 1 amide bonds. The van der Waals surface area contributed by atoms with Crippen LogP contribution in [0.1, 0.15) is 31.2 Å². The summed E-state index contributed by atoms with van der Waals surface area (Å²) in [5, 5.41) is 0. The quantitative estimate of drug-likeness (QED) is 0.857. The number of hydrazine groups is 1. The first kappa shape index (κ1) is 16.0. The van der Waals surface area contributed by atoms with Gasteiger partial charge in [-0.05, 0) is 24.5 Å². The van der Waals surface area contributed by atoms with Gasteiger partial charge in [0.2, 0.25) is 5.91 Å². The Hall–Kier alpha value is -1.50. The summed E-state index contributed by atoms with van der Waals surface area (Å²) < 4.78 is 0. The fourth-order valence-electron chi connectivity index (χ4n) is 4.36. The molecule has 0 radical (unpaired) electrons. The van der Waals surface area contributed by atoms with Gasteiger partial charge in [0.05, 0.1) is 0 Å². The van der Waals surface area contributed by atoms with E-state index in [9.17, 15) is 4.79 Å². The number of hydrogen-bond acceptors (Lipinski definition) is 5. The number of nitrogens with zero attached hydrogens (tertiary/aromatic N) is 3. The molecule has 2 aliphatic heterocycles. The number of carbonyl (C=O) groups is 1. The van der Waals surface area contributed by atoms with E-state index >= 15 is 0 Å². The lowest BCUT2D eigenvalue weighted by molar-refractivity contribution is -0.136. The van der Waals surface area contributed by atoms with Crippen molar-refractivity contribution in [2.75, 3.05) is 26.2 Å². The topological polar surface area (TPSA) is 60.5 Å². The van der Waals surface area contributed by atoms with E-state index in [1.165, 1.54) is 31.2 Å². The summed E-state index contributed by atoms with van der Waals surface area (Å²) in [6.07, 6.45) is 8.63. The maximum Gasteiger partial charge on any atom is 0.241 e. The second-order valence-corrected chi connectivity index (χ2v) is 7.28. The molecule has 3 fully saturated rings. The van der Waals surface area contributed by atoms with Crippen molar-refractivity contribution in [1.29, 1.82) is 0 Å². The van der Waals surface area contributed by atoms with Crippen molar-refractivity contribution in [1.82, 2.24) is 25.6 Å². The van der Waals surface area contributed by atoms with E-state index in [1.807, 2.05) is 12.3 Å². The summed E-state index contributed by atoms with van der Waals surface area (Å²) in [5.41, 5.74) is 7.88. The van der Waals surface area contributed by atoms with Crippen molar-refractivity contribution in [2.24, 2.45) is 5.92 Å². The molecule has 24 heavy (non-hydrogen) atoms. The fraction of sp³-hybridized carbons (Fsp3) is 0.667. The standard InChI is InChI=1S/C18H27N5O/c24-18(17-15-5-1-2-6-16(15)20-21-17)23-10-8-22(9-11-23)13-14-4-3-7-19-12-14/h3-4,7,12,15-17,20-21H,1-2,5-6,8-11,13H2. The normalized spacial score (nSPS) is 31.0. The van der Waals surface area contributed by atoms with Crippen LogP contribution in [0, 0.1) is 5.92 Å². The van der Waals surface area contributed by atoms with Gasteiger partial charge in [-0.25, -0.2) is 5.43 Å². The molecular weight excluding hydrogens is 302 g/mol. The van der Waals surface area contributed by atoms with Gasteiger partial charge in [0.1, 0.15) is 6.04 Å². The number of nitrogens with one attached hydrogen (secondary N) is 2. The van der Waals surface area contributed by atoms with Gasteiger partial charge in [0.15, 0.2) is 0 Å². The minimum atomic E-state index is -0.0276. The SMILES string of the molecule is O=C(C1NNC2CCCCC21)N1CCN(Cc2cccnc2)CC1. The van der Waals surface area contributed by atoms with Crippen molar-refractivity contribution >= 4 is 5.91 Å². The molecule has 1 aliphatic carbocycles. The number of aromatic nitrogens is 1. The largest absolute Gasteiger partial charge is 0.339 e. The molecule has 3 heterocycles. The van der Waals surface area contributed by atoms with Gasteiger partial charge in [-0.1, -0.05) is 18.9 Å². The number of hydrogen-bond donors (Lipinski definition) is 2. The highest BCUT2D eigenvalue weighted by atomic mass is 16.2. The van der Waals surface area contributed by atoms with Crippen LogP contribution in [0.25, 0.3) is 0 Å². The molecule has 1 saturated carbocycles. The smallest absolute Gasteiger partial charge is 0.241 e. The van der Waals surface area contributed by atoms with E-state index in [0.717, 1.165) is 32.7 Å². The number of rotatable bonds is 3. The third-order valence-electron chi connectivity index (χ3n) is 5.75. The maximum atomic E-state index is 12.9. The molecule has 0 aromatic carbocycles. The summed E-state index contributed by atoms with van der Waals surface area (Å²) in [7, 11) is 0. The van der Waals surface area contributed by atoms with Crippen LogP contribution < -0.4 is 10.9 Å². The first-order valence-electron chi connectivity index (χ1n) is 9.22. The molecule has 2 saturated heterocycles. The molecule has 4 rings (SSSR count). The van der Waals surface area contributed by atoms with Crippen LogP contribution in [0.4, 0.5) is 0 Å². The summed E-state index contributed by atoms with van der Waals surface area (Å²) in [6.45, 7) is 4.46. The minimum Gasteiger partial charge on any atom is -0.339 e. The van der Waals surface area contributed by atoms with Crippen molar-refractivity contribution in [3.63, 3.8) is 0 Å². The Kier molecular flexibility index (Phi) is 4.78. The first-order chi connectivity index (χ1) is 11.8. The molecule has 6 heteroatoms. The second kappa shape index (κ2) is 7.17. The predicted octanol–water partition coefficient (Wildman–Crippen LogP) is 0.761. The third-order valence-corrected chi connectivity index (χ3v) is 5.75. The van der Waals surface area contributed by atoms with Crippen molar-refractivity contribution in [3.8, 4) is 0 Å². The van der Waals surface area contributed by atoms with Gasteiger partial charge < -0.3 is 4.90 Å². The lowest BCUT2D eigenvalue weighted by Gasteiger charge is -2.37. The average molecular weight is 329 g/mol. The second-order valence-electron chi connectivity index (χ2n) is 7.28. The molecule has 3 atom stereocenters. The number of fused-ring (bicyclic) bond motifs is 1. The number of piperazine rings is 1. The van der Waals surface area contributed by atoms with Crippen molar-refractivity contribution < 1.29 is 4.79 Å². The Morgan fingerprint density at radius 3 is 2.79 bits per heavy atom. The molecule has 1 aromatic heterocycles. The molecule has 2 N–H and O–H groups in total. The Morgan fingerprint density at radius 1 is 1.17 bits per heavy atom. The Bertz CT molecular complexity index is 558. The Balaban J connectivity index is 1.30. The van der Waals surface area contributed by atoms with Gasteiger partial charge in [-0.3, -0.25) is 20.1 Å². The average Bonchev–Trinajstić information content (AvgIpc) is 3.07. The molecule has 6 nitrogen and oxygen atoms in total. The van der Waals surface area contributed by atoms with E-state index in [0.29, 0.717) is 12.0 Å².